The molecule has 0 amide bonds. The average molecular weight is 266 g/mol. The minimum absolute atomic E-state index is 0.241. The second-order valence-electron chi connectivity index (χ2n) is 4.35. The number of nitrogens with one attached hydrogen (secondary N) is 1. The van der Waals surface area contributed by atoms with Crippen LogP contribution in [0.1, 0.15) is 29.9 Å². The molecule has 2 rings (SSSR count). The minimum atomic E-state index is -0.589. The van der Waals surface area contributed by atoms with Gasteiger partial charge in [0.25, 0.3) is 0 Å². The van der Waals surface area contributed by atoms with Gasteiger partial charge in [0.2, 0.25) is 0 Å². The molecular formula is C14H16F2N2O. The van der Waals surface area contributed by atoms with Crippen molar-refractivity contribution >= 4 is 0 Å². The first kappa shape index (κ1) is 13.7. The van der Waals surface area contributed by atoms with Crippen LogP contribution in [0.4, 0.5) is 8.78 Å². The second kappa shape index (κ2) is 5.95. The predicted molar refractivity (Wildman–Crippen MR) is 68.2 cm³/mol. The van der Waals surface area contributed by atoms with Crippen molar-refractivity contribution in [2.75, 3.05) is 0 Å². The standard InChI is InChI=1S/C14H16F2N2O/c1-2-14-12(3-4-19-14)13(18-17)7-9-5-10(15)8-11(16)6-9/h3-6,8,13,18H,2,7,17H2,1H3. The first-order chi connectivity index (χ1) is 9.13. The number of benzene rings is 1. The van der Waals surface area contributed by atoms with Crippen LogP contribution >= 0.6 is 0 Å². The summed E-state index contributed by atoms with van der Waals surface area (Å²) < 4.78 is 31.7. The van der Waals surface area contributed by atoms with E-state index in [1.807, 2.05) is 13.0 Å². The third-order valence-electron chi connectivity index (χ3n) is 3.04. The average Bonchev–Trinajstić information content (AvgIpc) is 2.82. The van der Waals surface area contributed by atoms with Gasteiger partial charge >= 0.3 is 0 Å². The van der Waals surface area contributed by atoms with E-state index in [0.717, 1.165) is 23.8 Å². The Morgan fingerprint density at radius 2 is 1.95 bits per heavy atom. The van der Waals surface area contributed by atoms with Gasteiger partial charge in [0.15, 0.2) is 0 Å². The van der Waals surface area contributed by atoms with Gasteiger partial charge in [-0.05, 0) is 30.2 Å². The Morgan fingerprint density at radius 1 is 1.26 bits per heavy atom. The van der Waals surface area contributed by atoms with Crippen molar-refractivity contribution in [1.29, 1.82) is 0 Å². The lowest BCUT2D eigenvalue weighted by Crippen LogP contribution is -2.30. The number of halogens is 2. The molecule has 5 heteroatoms. The number of nitrogens with two attached hydrogens (primary N) is 1. The molecule has 1 aromatic carbocycles. The van der Waals surface area contributed by atoms with E-state index < -0.39 is 11.6 Å². The number of hydrazine groups is 1. The highest BCUT2D eigenvalue weighted by Crippen LogP contribution is 2.23. The van der Waals surface area contributed by atoms with Crippen LogP contribution in [0.25, 0.3) is 0 Å². The SMILES string of the molecule is CCc1occc1C(Cc1cc(F)cc(F)c1)NN. The second-order valence-corrected chi connectivity index (χ2v) is 4.35. The van der Waals surface area contributed by atoms with E-state index in [0.29, 0.717) is 12.0 Å². The Morgan fingerprint density at radius 3 is 2.53 bits per heavy atom. The normalized spacial score (nSPS) is 12.6. The summed E-state index contributed by atoms with van der Waals surface area (Å²) in [5, 5.41) is 0. The molecule has 0 saturated carbocycles. The van der Waals surface area contributed by atoms with Crippen molar-refractivity contribution in [3.63, 3.8) is 0 Å². The zero-order valence-corrected chi connectivity index (χ0v) is 10.6. The van der Waals surface area contributed by atoms with Gasteiger partial charge in [0.1, 0.15) is 17.4 Å². The van der Waals surface area contributed by atoms with Crippen molar-refractivity contribution in [3.05, 3.63) is 59.1 Å². The Balaban J connectivity index is 2.24. The molecule has 3 nitrogen and oxygen atoms in total. The largest absolute Gasteiger partial charge is 0.469 e. The molecule has 0 aliphatic carbocycles. The third kappa shape index (κ3) is 3.19. The van der Waals surface area contributed by atoms with Crippen molar-refractivity contribution < 1.29 is 13.2 Å². The van der Waals surface area contributed by atoms with Crippen LogP contribution in [0.5, 0.6) is 0 Å². The van der Waals surface area contributed by atoms with Crippen LogP contribution in [-0.2, 0) is 12.8 Å². The highest BCUT2D eigenvalue weighted by Gasteiger charge is 2.17. The lowest BCUT2D eigenvalue weighted by Gasteiger charge is -2.16. The van der Waals surface area contributed by atoms with Gasteiger partial charge in [-0.1, -0.05) is 6.92 Å². The van der Waals surface area contributed by atoms with E-state index in [1.54, 1.807) is 6.26 Å². The molecule has 0 bridgehead atoms. The highest BCUT2D eigenvalue weighted by molar-refractivity contribution is 5.26. The lowest BCUT2D eigenvalue weighted by molar-refractivity contribution is 0.486. The summed E-state index contributed by atoms with van der Waals surface area (Å²) in [6.07, 6.45) is 2.71. The Hall–Kier alpha value is -1.72. The Labute approximate surface area is 110 Å². The molecule has 1 atom stereocenters. The number of furan rings is 1. The maximum atomic E-state index is 13.2. The van der Waals surface area contributed by atoms with Crippen LogP contribution in [0.2, 0.25) is 0 Å². The molecule has 0 radical (unpaired) electrons. The maximum Gasteiger partial charge on any atom is 0.126 e. The van der Waals surface area contributed by atoms with E-state index in [2.05, 4.69) is 5.43 Å². The molecule has 0 aliphatic rings. The third-order valence-corrected chi connectivity index (χ3v) is 3.04. The number of hydrogen-bond donors (Lipinski definition) is 2. The molecule has 2 aromatic rings. The summed E-state index contributed by atoms with van der Waals surface area (Å²) in [7, 11) is 0. The van der Waals surface area contributed by atoms with Crippen LogP contribution < -0.4 is 11.3 Å². The van der Waals surface area contributed by atoms with Crippen molar-refractivity contribution in [2.45, 2.75) is 25.8 Å². The van der Waals surface area contributed by atoms with Crippen molar-refractivity contribution in [3.8, 4) is 0 Å². The summed E-state index contributed by atoms with van der Waals surface area (Å²) in [6, 6.07) is 5.04. The summed E-state index contributed by atoms with van der Waals surface area (Å²) in [5.74, 6) is 5.17. The van der Waals surface area contributed by atoms with Gasteiger partial charge in [0, 0.05) is 18.1 Å². The molecular weight excluding hydrogens is 250 g/mol. The van der Waals surface area contributed by atoms with E-state index in [9.17, 15) is 8.78 Å². The number of aryl methyl sites for hydroxylation is 1. The smallest absolute Gasteiger partial charge is 0.126 e. The maximum absolute atomic E-state index is 13.2. The molecule has 0 fully saturated rings. The first-order valence-electron chi connectivity index (χ1n) is 6.11. The van der Waals surface area contributed by atoms with E-state index >= 15 is 0 Å². The molecule has 3 N–H and O–H groups in total. The predicted octanol–water partition coefficient (Wildman–Crippen LogP) is 2.87. The molecule has 102 valence electrons. The van der Waals surface area contributed by atoms with Gasteiger partial charge in [0.05, 0.1) is 12.3 Å². The van der Waals surface area contributed by atoms with Crippen LogP contribution in [0.3, 0.4) is 0 Å². The molecule has 1 aromatic heterocycles. The summed E-state index contributed by atoms with van der Waals surface area (Å²) in [4.78, 5) is 0. The minimum Gasteiger partial charge on any atom is -0.469 e. The van der Waals surface area contributed by atoms with E-state index in [-0.39, 0.29) is 6.04 Å². The quantitative estimate of drug-likeness (QED) is 0.646. The lowest BCUT2D eigenvalue weighted by atomic mass is 9.99. The molecule has 1 unspecified atom stereocenters. The fourth-order valence-corrected chi connectivity index (χ4v) is 2.17. The van der Waals surface area contributed by atoms with E-state index in [1.165, 1.54) is 12.1 Å². The Bertz CT molecular complexity index is 534. The topological polar surface area (TPSA) is 51.2 Å². The van der Waals surface area contributed by atoms with Gasteiger partial charge in [-0.25, -0.2) is 8.78 Å². The first-order valence-corrected chi connectivity index (χ1v) is 6.11. The number of rotatable bonds is 5. The van der Waals surface area contributed by atoms with Gasteiger partial charge in [-0.3, -0.25) is 11.3 Å². The molecule has 1 heterocycles. The Kier molecular flexibility index (Phi) is 4.29. The fraction of sp³-hybridized carbons (Fsp3) is 0.286. The van der Waals surface area contributed by atoms with Gasteiger partial charge in [-0.15, -0.1) is 0 Å². The summed E-state index contributed by atoms with van der Waals surface area (Å²) in [6.45, 7) is 1.97. The van der Waals surface area contributed by atoms with E-state index in [4.69, 9.17) is 10.3 Å². The van der Waals surface area contributed by atoms with Crippen LogP contribution in [0, 0.1) is 11.6 Å². The zero-order chi connectivity index (χ0) is 13.8. The van der Waals surface area contributed by atoms with Gasteiger partial charge in [-0.2, -0.15) is 0 Å². The molecule has 19 heavy (non-hydrogen) atoms. The monoisotopic (exact) mass is 266 g/mol. The fourth-order valence-electron chi connectivity index (χ4n) is 2.17. The summed E-state index contributed by atoms with van der Waals surface area (Å²) >= 11 is 0. The highest BCUT2D eigenvalue weighted by atomic mass is 19.1. The molecule has 0 aliphatic heterocycles. The van der Waals surface area contributed by atoms with Crippen LogP contribution in [-0.4, -0.2) is 0 Å². The summed E-state index contributed by atoms with van der Waals surface area (Å²) in [5.41, 5.74) is 4.12. The number of hydrogen-bond acceptors (Lipinski definition) is 3. The van der Waals surface area contributed by atoms with Crippen LogP contribution in [0.15, 0.2) is 34.9 Å². The molecule has 0 saturated heterocycles. The van der Waals surface area contributed by atoms with Crippen molar-refractivity contribution in [2.24, 2.45) is 5.84 Å². The van der Waals surface area contributed by atoms with Crippen molar-refractivity contribution in [1.82, 2.24) is 5.43 Å². The molecule has 0 spiro atoms. The zero-order valence-electron chi connectivity index (χ0n) is 10.6. The van der Waals surface area contributed by atoms with Gasteiger partial charge < -0.3 is 4.42 Å².